The summed E-state index contributed by atoms with van der Waals surface area (Å²) >= 11 is 0. The maximum absolute atomic E-state index is 13.0. The van der Waals surface area contributed by atoms with E-state index in [0.717, 1.165) is 5.56 Å². The highest BCUT2D eigenvalue weighted by Gasteiger charge is 2.23. The number of aryl methyl sites for hydroxylation is 1. The molecule has 1 N–H and O–H groups in total. The van der Waals surface area contributed by atoms with Crippen LogP contribution in [0.5, 0.6) is 0 Å². The minimum atomic E-state index is -3.85. The van der Waals surface area contributed by atoms with Gasteiger partial charge in [-0.1, -0.05) is 24.3 Å². The summed E-state index contributed by atoms with van der Waals surface area (Å²) in [5.41, 5.74) is 1.97. The van der Waals surface area contributed by atoms with E-state index in [9.17, 15) is 17.6 Å². The Morgan fingerprint density at radius 1 is 0.964 bits per heavy atom. The molecule has 3 aromatic carbocycles. The van der Waals surface area contributed by atoms with Gasteiger partial charge in [0.1, 0.15) is 5.82 Å². The van der Waals surface area contributed by atoms with Gasteiger partial charge in [-0.05, 0) is 61.0 Å². The number of halogens is 1. The molecule has 0 aromatic heterocycles. The second kappa shape index (κ2) is 7.82. The van der Waals surface area contributed by atoms with E-state index in [1.165, 1.54) is 59.9 Å². The van der Waals surface area contributed by atoms with Crippen molar-refractivity contribution < 1.29 is 17.6 Å². The van der Waals surface area contributed by atoms with E-state index in [1.54, 1.807) is 12.1 Å². The number of rotatable bonds is 5. The van der Waals surface area contributed by atoms with Crippen LogP contribution in [0.3, 0.4) is 0 Å². The Morgan fingerprint density at radius 2 is 1.64 bits per heavy atom. The zero-order chi connectivity index (χ0) is 20.3. The molecule has 0 saturated heterocycles. The number of nitrogens with one attached hydrogen (secondary N) is 1. The van der Waals surface area contributed by atoms with Crippen molar-refractivity contribution >= 4 is 27.3 Å². The predicted octanol–water partition coefficient (Wildman–Crippen LogP) is 4.21. The molecule has 0 aliphatic carbocycles. The van der Waals surface area contributed by atoms with Crippen LogP contribution in [0.15, 0.2) is 77.7 Å². The standard InChI is InChI=1S/C21H19FN2O3S/c1-15-6-3-4-9-20(15)24(2)28(26,27)19-8-5-7-16(14-19)21(25)23-18-12-10-17(22)11-13-18/h3-14H,1-2H3,(H,23,25). The number of amides is 1. The highest BCUT2D eigenvalue weighted by Crippen LogP contribution is 2.25. The van der Waals surface area contributed by atoms with Crippen LogP contribution in [-0.4, -0.2) is 21.4 Å². The zero-order valence-corrected chi connectivity index (χ0v) is 16.2. The van der Waals surface area contributed by atoms with Crippen molar-refractivity contribution in [2.45, 2.75) is 11.8 Å². The number of hydrogen-bond donors (Lipinski definition) is 1. The SMILES string of the molecule is Cc1ccccc1N(C)S(=O)(=O)c1cccc(C(=O)Nc2ccc(F)cc2)c1. The number of benzene rings is 3. The molecule has 0 fully saturated rings. The molecule has 0 unspecified atom stereocenters. The summed E-state index contributed by atoms with van der Waals surface area (Å²) in [5.74, 6) is -0.896. The highest BCUT2D eigenvalue weighted by molar-refractivity contribution is 7.92. The van der Waals surface area contributed by atoms with E-state index in [4.69, 9.17) is 0 Å². The molecule has 28 heavy (non-hydrogen) atoms. The van der Waals surface area contributed by atoms with Crippen molar-refractivity contribution in [3.63, 3.8) is 0 Å². The van der Waals surface area contributed by atoms with Crippen LogP contribution in [0.1, 0.15) is 15.9 Å². The molecular weight excluding hydrogens is 379 g/mol. The number of nitrogens with zero attached hydrogens (tertiary/aromatic N) is 1. The first-order valence-corrected chi connectivity index (χ1v) is 9.94. The van der Waals surface area contributed by atoms with Crippen LogP contribution in [-0.2, 0) is 10.0 Å². The van der Waals surface area contributed by atoms with Crippen LogP contribution in [0.4, 0.5) is 15.8 Å². The maximum atomic E-state index is 13.0. The van der Waals surface area contributed by atoms with Gasteiger partial charge >= 0.3 is 0 Å². The second-order valence-corrected chi connectivity index (χ2v) is 8.22. The minimum absolute atomic E-state index is 0.00464. The summed E-state index contributed by atoms with van der Waals surface area (Å²) in [6.45, 7) is 1.83. The van der Waals surface area contributed by atoms with Gasteiger partial charge in [0.2, 0.25) is 0 Å². The van der Waals surface area contributed by atoms with E-state index in [-0.39, 0.29) is 10.5 Å². The number of hydrogen-bond acceptors (Lipinski definition) is 3. The number of anilines is 2. The lowest BCUT2D eigenvalue weighted by Gasteiger charge is -2.21. The van der Waals surface area contributed by atoms with Gasteiger partial charge in [0.15, 0.2) is 0 Å². The average molecular weight is 398 g/mol. The van der Waals surface area contributed by atoms with Crippen molar-refractivity contribution in [3.8, 4) is 0 Å². The van der Waals surface area contributed by atoms with Crippen LogP contribution >= 0.6 is 0 Å². The lowest BCUT2D eigenvalue weighted by molar-refractivity contribution is 0.102. The topological polar surface area (TPSA) is 66.5 Å². The smallest absolute Gasteiger partial charge is 0.264 e. The number of carbonyl (C=O) groups is 1. The van der Waals surface area contributed by atoms with Crippen LogP contribution in [0, 0.1) is 12.7 Å². The lowest BCUT2D eigenvalue weighted by Crippen LogP contribution is -2.27. The lowest BCUT2D eigenvalue weighted by atomic mass is 10.2. The number of sulfonamides is 1. The van der Waals surface area contributed by atoms with Gasteiger partial charge in [-0.25, -0.2) is 12.8 Å². The number of para-hydroxylation sites is 1. The van der Waals surface area contributed by atoms with Gasteiger partial charge in [0, 0.05) is 18.3 Å². The minimum Gasteiger partial charge on any atom is -0.322 e. The largest absolute Gasteiger partial charge is 0.322 e. The first-order valence-electron chi connectivity index (χ1n) is 8.50. The Labute approximate surface area is 163 Å². The number of carbonyl (C=O) groups excluding carboxylic acids is 1. The molecule has 3 rings (SSSR count). The van der Waals surface area contributed by atoms with E-state index < -0.39 is 21.7 Å². The zero-order valence-electron chi connectivity index (χ0n) is 15.4. The van der Waals surface area contributed by atoms with Crippen LogP contribution < -0.4 is 9.62 Å². The summed E-state index contributed by atoms with van der Waals surface area (Å²) in [7, 11) is -2.37. The Bertz CT molecular complexity index is 1110. The molecule has 7 heteroatoms. The van der Waals surface area contributed by atoms with E-state index in [1.807, 2.05) is 19.1 Å². The van der Waals surface area contributed by atoms with Crippen molar-refractivity contribution in [1.29, 1.82) is 0 Å². The van der Waals surface area contributed by atoms with Crippen LogP contribution in [0.25, 0.3) is 0 Å². The molecule has 0 atom stereocenters. The fourth-order valence-corrected chi connectivity index (χ4v) is 4.05. The third-order valence-electron chi connectivity index (χ3n) is 4.31. The fraction of sp³-hybridized carbons (Fsp3) is 0.0952. The average Bonchev–Trinajstić information content (AvgIpc) is 2.69. The first-order chi connectivity index (χ1) is 13.3. The third-order valence-corrected chi connectivity index (χ3v) is 6.08. The molecular formula is C21H19FN2O3S. The van der Waals surface area contributed by atoms with Crippen molar-refractivity contribution in [2.24, 2.45) is 0 Å². The molecule has 3 aromatic rings. The van der Waals surface area contributed by atoms with Gasteiger partial charge in [-0.15, -0.1) is 0 Å². The van der Waals surface area contributed by atoms with Gasteiger partial charge in [-0.2, -0.15) is 0 Å². The van der Waals surface area contributed by atoms with Crippen LogP contribution in [0.2, 0.25) is 0 Å². The van der Waals surface area contributed by atoms with E-state index in [0.29, 0.717) is 11.4 Å². The second-order valence-electron chi connectivity index (χ2n) is 6.25. The molecule has 5 nitrogen and oxygen atoms in total. The molecule has 0 bridgehead atoms. The third kappa shape index (κ3) is 4.04. The molecule has 1 amide bonds. The normalized spacial score (nSPS) is 11.1. The summed E-state index contributed by atoms with van der Waals surface area (Å²) in [6, 6.07) is 18.3. The van der Waals surface area contributed by atoms with Crippen molar-refractivity contribution in [2.75, 3.05) is 16.7 Å². The van der Waals surface area contributed by atoms with Crippen molar-refractivity contribution in [1.82, 2.24) is 0 Å². The van der Waals surface area contributed by atoms with Gasteiger partial charge < -0.3 is 5.32 Å². The molecule has 144 valence electrons. The fourth-order valence-electron chi connectivity index (χ4n) is 2.74. The molecule has 0 saturated carbocycles. The molecule has 0 aliphatic heterocycles. The Morgan fingerprint density at radius 3 is 2.32 bits per heavy atom. The summed E-state index contributed by atoms with van der Waals surface area (Å²) in [5, 5.41) is 2.62. The predicted molar refractivity (Wildman–Crippen MR) is 108 cm³/mol. The summed E-state index contributed by atoms with van der Waals surface area (Å²) in [6.07, 6.45) is 0. The Kier molecular flexibility index (Phi) is 5.46. The molecule has 0 spiro atoms. The summed E-state index contributed by atoms with van der Waals surface area (Å²) in [4.78, 5) is 12.5. The van der Waals surface area contributed by atoms with E-state index in [2.05, 4.69) is 5.32 Å². The summed E-state index contributed by atoms with van der Waals surface area (Å²) < 4.78 is 40.2. The van der Waals surface area contributed by atoms with Crippen molar-refractivity contribution in [3.05, 3.63) is 89.7 Å². The maximum Gasteiger partial charge on any atom is 0.264 e. The molecule has 0 aliphatic rings. The van der Waals surface area contributed by atoms with Gasteiger partial charge in [-0.3, -0.25) is 9.10 Å². The Balaban J connectivity index is 1.88. The monoisotopic (exact) mass is 398 g/mol. The first kappa shape index (κ1) is 19.6. The molecule has 0 radical (unpaired) electrons. The van der Waals surface area contributed by atoms with Gasteiger partial charge in [0.25, 0.3) is 15.9 Å². The Hall–Kier alpha value is -3.19. The van der Waals surface area contributed by atoms with Gasteiger partial charge in [0.05, 0.1) is 10.6 Å². The molecule has 0 heterocycles. The highest BCUT2D eigenvalue weighted by atomic mass is 32.2. The quantitative estimate of drug-likeness (QED) is 0.700. The van der Waals surface area contributed by atoms with E-state index >= 15 is 0 Å².